The molecule has 1 aromatic carbocycles. The number of carbonyl (C=O) groups is 1. The Morgan fingerprint density at radius 2 is 2.09 bits per heavy atom. The molecule has 1 amide bonds. The van der Waals surface area contributed by atoms with Crippen LogP contribution in [0.15, 0.2) is 28.6 Å². The first-order chi connectivity index (χ1) is 11.2. The topological polar surface area (TPSA) is 58.1 Å². The number of anilines is 1. The van der Waals surface area contributed by atoms with E-state index in [0.717, 1.165) is 39.4 Å². The molecule has 0 aliphatic carbocycles. The second-order valence-electron chi connectivity index (χ2n) is 5.40. The number of amides is 1. The predicted octanol–water partition coefficient (Wildman–Crippen LogP) is 2.97. The van der Waals surface area contributed by atoms with Crippen LogP contribution in [0.25, 0.3) is 0 Å². The summed E-state index contributed by atoms with van der Waals surface area (Å²) < 4.78 is 0.953. The maximum atomic E-state index is 12.5. The average Bonchev–Trinajstić information content (AvgIpc) is 3.23. The lowest BCUT2D eigenvalue weighted by molar-refractivity contribution is 0.0956. The van der Waals surface area contributed by atoms with Gasteiger partial charge in [0.15, 0.2) is 4.34 Å². The lowest BCUT2D eigenvalue weighted by Crippen LogP contribution is -2.28. The van der Waals surface area contributed by atoms with Crippen LogP contribution in [-0.2, 0) is 0 Å². The maximum absolute atomic E-state index is 12.5. The Kier molecular flexibility index (Phi) is 5.51. The van der Waals surface area contributed by atoms with Crippen LogP contribution in [0.3, 0.4) is 0 Å². The Bertz CT molecular complexity index is 668. The van der Waals surface area contributed by atoms with Crippen molar-refractivity contribution < 1.29 is 4.79 Å². The monoisotopic (exact) mass is 348 g/mol. The van der Waals surface area contributed by atoms with Crippen LogP contribution in [0.5, 0.6) is 0 Å². The second-order valence-corrected chi connectivity index (χ2v) is 7.93. The fraction of sp³-hybridized carbons (Fsp3) is 0.438. The van der Waals surface area contributed by atoms with Crippen LogP contribution in [0.4, 0.5) is 5.69 Å². The van der Waals surface area contributed by atoms with E-state index in [0.29, 0.717) is 6.54 Å². The first-order valence-electron chi connectivity index (χ1n) is 7.79. The van der Waals surface area contributed by atoms with Crippen LogP contribution < -0.4 is 10.2 Å². The molecule has 122 valence electrons. The molecule has 1 aliphatic heterocycles. The van der Waals surface area contributed by atoms with Crippen molar-refractivity contribution in [2.24, 2.45) is 0 Å². The summed E-state index contributed by atoms with van der Waals surface area (Å²) in [7, 11) is 0. The first kappa shape index (κ1) is 16.3. The van der Waals surface area contributed by atoms with Crippen molar-refractivity contribution in [3.63, 3.8) is 0 Å². The number of benzene rings is 1. The normalized spacial score (nSPS) is 14.2. The van der Waals surface area contributed by atoms with Gasteiger partial charge in [-0.25, -0.2) is 0 Å². The van der Waals surface area contributed by atoms with Gasteiger partial charge in [0, 0.05) is 31.1 Å². The van der Waals surface area contributed by atoms with E-state index in [1.807, 2.05) is 31.2 Å². The van der Waals surface area contributed by atoms with Crippen molar-refractivity contribution in [1.82, 2.24) is 15.5 Å². The average molecular weight is 348 g/mol. The Morgan fingerprint density at radius 1 is 1.30 bits per heavy atom. The Balaban J connectivity index is 1.54. The molecule has 1 aliphatic rings. The third kappa shape index (κ3) is 4.23. The van der Waals surface area contributed by atoms with Gasteiger partial charge in [-0.2, -0.15) is 0 Å². The summed E-state index contributed by atoms with van der Waals surface area (Å²) in [4.78, 5) is 14.8. The fourth-order valence-electron chi connectivity index (χ4n) is 2.63. The number of aryl methyl sites for hydroxylation is 1. The number of hydrogen-bond donors (Lipinski definition) is 1. The molecule has 0 unspecified atom stereocenters. The molecule has 7 heteroatoms. The minimum absolute atomic E-state index is 0.00143. The number of nitrogens with zero attached hydrogens (tertiary/aromatic N) is 3. The molecular weight excluding hydrogens is 328 g/mol. The zero-order valence-electron chi connectivity index (χ0n) is 13.1. The lowest BCUT2D eigenvalue weighted by Gasteiger charge is -2.20. The molecule has 0 saturated carbocycles. The summed E-state index contributed by atoms with van der Waals surface area (Å²) in [5.41, 5.74) is 1.82. The van der Waals surface area contributed by atoms with Gasteiger partial charge in [-0.05, 0) is 31.9 Å². The van der Waals surface area contributed by atoms with Crippen LogP contribution in [0, 0.1) is 6.92 Å². The Hall–Kier alpha value is -1.60. The van der Waals surface area contributed by atoms with Gasteiger partial charge in [-0.1, -0.05) is 35.2 Å². The van der Waals surface area contributed by atoms with Crippen LogP contribution in [0.1, 0.15) is 28.2 Å². The molecular formula is C16H20N4OS2. The zero-order chi connectivity index (χ0) is 16.1. The third-order valence-electron chi connectivity index (χ3n) is 3.72. The van der Waals surface area contributed by atoms with Gasteiger partial charge in [0.25, 0.3) is 5.91 Å². The quantitative estimate of drug-likeness (QED) is 0.642. The van der Waals surface area contributed by atoms with Gasteiger partial charge in [0.05, 0.1) is 5.56 Å². The largest absolute Gasteiger partial charge is 0.371 e. The van der Waals surface area contributed by atoms with Crippen molar-refractivity contribution in [3.8, 4) is 0 Å². The van der Waals surface area contributed by atoms with Gasteiger partial charge < -0.3 is 10.2 Å². The molecule has 1 saturated heterocycles. The minimum atomic E-state index is 0.00143. The summed E-state index contributed by atoms with van der Waals surface area (Å²) >= 11 is 3.21. The van der Waals surface area contributed by atoms with Crippen LogP contribution in [0.2, 0.25) is 0 Å². The molecule has 3 rings (SSSR count). The molecule has 1 N–H and O–H groups in total. The second kappa shape index (κ2) is 7.79. The maximum Gasteiger partial charge on any atom is 0.253 e. The number of rotatable bonds is 6. The summed E-state index contributed by atoms with van der Waals surface area (Å²) in [6.07, 6.45) is 2.40. The molecule has 1 fully saturated rings. The number of thioether (sulfide) groups is 1. The SMILES string of the molecule is Cc1nnc(SCCNC(=O)c2ccccc2N2CCCC2)s1. The number of aromatic nitrogens is 2. The van der Waals surface area contributed by atoms with E-state index in [1.165, 1.54) is 12.8 Å². The molecule has 1 aromatic heterocycles. The van der Waals surface area contributed by atoms with Crippen LogP contribution in [-0.4, -0.2) is 41.5 Å². The molecule has 5 nitrogen and oxygen atoms in total. The van der Waals surface area contributed by atoms with Gasteiger partial charge in [0.2, 0.25) is 0 Å². The summed E-state index contributed by atoms with van der Waals surface area (Å²) in [6, 6.07) is 7.87. The highest BCUT2D eigenvalue weighted by atomic mass is 32.2. The van der Waals surface area contributed by atoms with Crippen molar-refractivity contribution >= 4 is 34.7 Å². The fourth-order valence-corrected chi connectivity index (χ4v) is 4.38. The van der Waals surface area contributed by atoms with E-state index >= 15 is 0 Å². The van der Waals surface area contributed by atoms with Crippen LogP contribution >= 0.6 is 23.1 Å². The van der Waals surface area contributed by atoms with Gasteiger partial charge in [-0.3, -0.25) is 4.79 Å². The van der Waals surface area contributed by atoms with Gasteiger partial charge >= 0.3 is 0 Å². The first-order valence-corrected chi connectivity index (χ1v) is 9.59. The Labute approximate surface area is 144 Å². The highest BCUT2D eigenvalue weighted by Gasteiger charge is 2.18. The van der Waals surface area contributed by atoms with E-state index in [4.69, 9.17) is 0 Å². The number of nitrogens with one attached hydrogen (secondary N) is 1. The molecule has 23 heavy (non-hydrogen) atoms. The van der Waals surface area contributed by atoms with E-state index in [-0.39, 0.29) is 5.91 Å². The molecule has 0 atom stereocenters. The van der Waals surface area contributed by atoms with E-state index < -0.39 is 0 Å². The zero-order valence-corrected chi connectivity index (χ0v) is 14.8. The summed E-state index contributed by atoms with van der Waals surface area (Å²) in [5, 5.41) is 12.0. The molecule has 0 radical (unpaired) electrons. The summed E-state index contributed by atoms with van der Waals surface area (Å²) in [5.74, 6) is 0.799. The number of para-hydroxylation sites is 1. The smallest absolute Gasteiger partial charge is 0.253 e. The van der Waals surface area contributed by atoms with Gasteiger partial charge in [-0.15, -0.1) is 10.2 Å². The molecule has 2 aromatic rings. The van der Waals surface area contributed by atoms with Crippen molar-refractivity contribution in [2.45, 2.75) is 24.1 Å². The highest BCUT2D eigenvalue weighted by Crippen LogP contribution is 2.24. The lowest BCUT2D eigenvalue weighted by atomic mass is 10.1. The minimum Gasteiger partial charge on any atom is -0.371 e. The third-order valence-corrected chi connectivity index (χ3v) is 5.69. The highest BCUT2D eigenvalue weighted by molar-refractivity contribution is 8.01. The van der Waals surface area contributed by atoms with E-state index in [9.17, 15) is 4.79 Å². The molecule has 0 bridgehead atoms. The summed E-state index contributed by atoms with van der Waals surface area (Å²) in [6.45, 7) is 4.64. The number of hydrogen-bond acceptors (Lipinski definition) is 6. The van der Waals surface area contributed by atoms with E-state index in [2.05, 4.69) is 20.4 Å². The number of carbonyl (C=O) groups excluding carboxylic acids is 1. The van der Waals surface area contributed by atoms with Crippen molar-refractivity contribution in [2.75, 3.05) is 30.3 Å². The Morgan fingerprint density at radius 3 is 2.83 bits per heavy atom. The van der Waals surface area contributed by atoms with Gasteiger partial charge in [0.1, 0.15) is 5.01 Å². The van der Waals surface area contributed by atoms with Crippen molar-refractivity contribution in [1.29, 1.82) is 0 Å². The molecule has 0 spiro atoms. The standard InChI is InChI=1S/C16H20N4OS2/c1-12-18-19-16(23-12)22-11-8-17-15(21)13-6-2-3-7-14(13)20-9-4-5-10-20/h2-3,6-7H,4-5,8-11H2,1H3,(H,17,21). The van der Waals surface area contributed by atoms with E-state index in [1.54, 1.807) is 23.1 Å². The van der Waals surface area contributed by atoms with Crippen molar-refractivity contribution in [3.05, 3.63) is 34.8 Å². The molecule has 2 heterocycles. The predicted molar refractivity (Wildman–Crippen MR) is 95.6 cm³/mol.